The van der Waals surface area contributed by atoms with E-state index in [1.807, 2.05) is 6.07 Å². The summed E-state index contributed by atoms with van der Waals surface area (Å²) in [4.78, 5) is 0. The first-order valence-electron chi connectivity index (χ1n) is 7.64. The lowest BCUT2D eigenvalue weighted by Gasteiger charge is -2.32. The molecule has 2 aliphatic rings. The molecule has 0 spiro atoms. The Balaban J connectivity index is 1.66. The number of aliphatic hydroxyl groups is 1. The molecular formula is C18H20O2. The number of hydrogen-bond acceptors (Lipinski definition) is 2. The number of rotatable bonds is 2. The minimum Gasteiger partial charge on any atom is -0.469 e. The minimum absolute atomic E-state index is 0.701. The van der Waals surface area contributed by atoms with Crippen molar-refractivity contribution in [3.05, 3.63) is 58.5 Å². The second-order valence-electron chi connectivity index (χ2n) is 6.28. The van der Waals surface area contributed by atoms with Crippen molar-refractivity contribution >= 4 is 0 Å². The van der Waals surface area contributed by atoms with Crippen molar-refractivity contribution < 1.29 is 9.52 Å². The number of furan rings is 1. The third kappa shape index (κ3) is 1.90. The fraction of sp³-hybridized carbons (Fsp3) is 0.444. The zero-order chi connectivity index (χ0) is 13.6. The van der Waals surface area contributed by atoms with Gasteiger partial charge in [-0.1, -0.05) is 18.2 Å². The van der Waals surface area contributed by atoms with Crippen LogP contribution in [0.1, 0.15) is 47.3 Å². The second kappa shape index (κ2) is 4.49. The summed E-state index contributed by atoms with van der Waals surface area (Å²) in [5.41, 5.74) is 4.49. The highest BCUT2D eigenvalue weighted by molar-refractivity contribution is 5.37. The van der Waals surface area contributed by atoms with Gasteiger partial charge in [0.2, 0.25) is 0 Å². The molecule has 1 heterocycles. The zero-order valence-electron chi connectivity index (χ0n) is 11.7. The van der Waals surface area contributed by atoms with Crippen molar-refractivity contribution in [1.82, 2.24) is 0 Å². The van der Waals surface area contributed by atoms with E-state index in [4.69, 9.17) is 4.42 Å². The van der Waals surface area contributed by atoms with E-state index in [9.17, 15) is 5.11 Å². The number of hydrogen-bond donors (Lipinski definition) is 1. The third-order valence-electron chi connectivity index (χ3n) is 4.90. The molecule has 2 aliphatic carbocycles. The molecule has 104 valence electrons. The van der Waals surface area contributed by atoms with E-state index in [0.29, 0.717) is 6.42 Å². The molecule has 1 N–H and O–H groups in total. The molecule has 0 radical (unpaired) electrons. The van der Waals surface area contributed by atoms with Crippen LogP contribution in [0.15, 0.2) is 34.9 Å². The Hall–Kier alpha value is -1.54. The molecule has 0 fully saturated rings. The van der Waals surface area contributed by atoms with E-state index >= 15 is 0 Å². The molecule has 20 heavy (non-hydrogen) atoms. The maximum atomic E-state index is 11.1. The quantitative estimate of drug-likeness (QED) is 0.904. The normalized spacial score (nSPS) is 24.4. The molecule has 0 saturated carbocycles. The highest BCUT2D eigenvalue weighted by Crippen LogP contribution is 2.39. The van der Waals surface area contributed by atoms with Crippen LogP contribution >= 0.6 is 0 Å². The molecule has 1 aromatic carbocycles. The van der Waals surface area contributed by atoms with Crippen LogP contribution in [-0.2, 0) is 31.3 Å². The first-order valence-corrected chi connectivity index (χ1v) is 7.64. The van der Waals surface area contributed by atoms with Crippen molar-refractivity contribution in [3.8, 4) is 0 Å². The summed E-state index contributed by atoms with van der Waals surface area (Å²) in [6.07, 6.45) is 8.88. The summed E-state index contributed by atoms with van der Waals surface area (Å²) in [7, 11) is 0. The molecule has 0 bridgehead atoms. The van der Waals surface area contributed by atoms with Crippen molar-refractivity contribution in [2.45, 2.75) is 50.5 Å². The van der Waals surface area contributed by atoms with E-state index in [0.717, 1.165) is 30.6 Å². The second-order valence-corrected chi connectivity index (χ2v) is 6.28. The molecule has 1 aromatic heterocycles. The Labute approximate surface area is 119 Å². The van der Waals surface area contributed by atoms with Crippen molar-refractivity contribution in [1.29, 1.82) is 0 Å². The lowest BCUT2D eigenvalue weighted by Crippen LogP contribution is -2.32. The van der Waals surface area contributed by atoms with E-state index in [-0.39, 0.29) is 0 Å². The fourth-order valence-corrected chi connectivity index (χ4v) is 3.88. The van der Waals surface area contributed by atoms with Crippen molar-refractivity contribution in [2.24, 2.45) is 0 Å². The maximum Gasteiger partial charge on any atom is 0.109 e. The molecule has 4 rings (SSSR count). The van der Waals surface area contributed by atoms with E-state index in [2.05, 4.69) is 18.2 Å². The monoisotopic (exact) mass is 268 g/mol. The van der Waals surface area contributed by atoms with Gasteiger partial charge in [-0.2, -0.15) is 0 Å². The summed E-state index contributed by atoms with van der Waals surface area (Å²) in [5.74, 6) is 0.972. The Morgan fingerprint density at radius 3 is 2.90 bits per heavy atom. The van der Waals surface area contributed by atoms with Gasteiger partial charge in [0.05, 0.1) is 11.9 Å². The summed E-state index contributed by atoms with van der Waals surface area (Å²) < 4.78 is 5.50. The van der Waals surface area contributed by atoms with Crippen LogP contribution in [-0.4, -0.2) is 5.11 Å². The van der Waals surface area contributed by atoms with Crippen LogP contribution in [0.5, 0.6) is 0 Å². The lowest BCUT2D eigenvalue weighted by molar-refractivity contribution is 0.0168. The zero-order valence-corrected chi connectivity index (χ0v) is 11.7. The lowest BCUT2D eigenvalue weighted by atomic mass is 9.78. The van der Waals surface area contributed by atoms with Gasteiger partial charge < -0.3 is 9.52 Å². The molecule has 1 atom stereocenters. The number of benzene rings is 1. The summed E-state index contributed by atoms with van der Waals surface area (Å²) in [6, 6.07) is 8.69. The van der Waals surface area contributed by atoms with E-state index in [1.54, 1.807) is 6.26 Å². The molecule has 0 saturated heterocycles. The Kier molecular flexibility index (Phi) is 2.74. The number of fused-ring (bicyclic) bond motifs is 2. The minimum atomic E-state index is -0.743. The van der Waals surface area contributed by atoms with Crippen LogP contribution in [0.25, 0.3) is 0 Å². The highest BCUT2D eigenvalue weighted by atomic mass is 16.3. The first kappa shape index (κ1) is 12.2. The van der Waals surface area contributed by atoms with Gasteiger partial charge in [0.25, 0.3) is 0 Å². The van der Waals surface area contributed by atoms with Gasteiger partial charge in [0, 0.05) is 18.4 Å². The highest BCUT2D eigenvalue weighted by Gasteiger charge is 2.36. The molecular weight excluding hydrogens is 248 g/mol. The van der Waals surface area contributed by atoms with Crippen LogP contribution in [0, 0.1) is 0 Å². The molecule has 2 aromatic rings. The standard InChI is InChI=1S/C18H20O2/c19-18(9-2-5-17-16(18)8-10-20-17)12-13-6-7-14-3-1-4-15(14)11-13/h6-8,10-11,19H,1-5,9,12H2. The predicted molar refractivity (Wildman–Crippen MR) is 77.7 cm³/mol. The molecule has 1 unspecified atom stereocenters. The van der Waals surface area contributed by atoms with Crippen LogP contribution in [0.2, 0.25) is 0 Å². The molecule has 0 aliphatic heterocycles. The van der Waals surface area contributed by atoms with Gasteiger partial charge in [0.15, 0.2) is 0 Å². The van der Waals surface area contributed by atoms with E-state index in [1.165, 1.54) is 36.0 Å². The Morgan fingerprint density at radius 1 is 1.05 bits per heavy atom. The smallest absolute Gasteiger partial charge is 0.109 e. The Bertz CT molecular complexity index is 641. The van der Waals surface area contributed by atoms with E-state index < -0.39 is 5.60 Å². The van der Waals surface area contributed by atoms with Gasteiger partial charge >= 0.3 is 0 Å². The fourth-order valence-electron chi connectivity index (χ4n) is 3.88. The van der Waals surface area contributed by atoms with Crippen molar-refractivity contribution in [2.75, 3.05) is 0 Å². The van der Waals surface area contributed by atoms with Gasteiger partial charge in [-0.05, 0) is 54.9 Å². The molecule has 0 amide bonds. The number of aryl methyl sites for hydroxylation is 3. The molecule has 2 heteroatoms. The average Bonchev–Trinajstić information content (AvgIpc) is 3.06. The SMILES string of the molecule is OC1(Cc2ccc3c(c2)CCC3)CCCc2occc21. The van der Waals surface area contributed by atoms with Gasteiger partial charge in [-0.15, -0.1) is 0 Å². The maximum absolute atomic E-state index is 11.1. The summed E-state index contributed by atoms with van der Waals surface area (Å²) in [6.45, 7) is 0. The van der Waals surface area contributed by atoms with Gasteiger partial charge in [-0.3, -0.25) is 0 Å². The largest absolute Gasteiger partial charge is 0.469 e. The van der Waals surface area contributed by atoms with Crippen molar-refractivity contribution in [3.63, 3.8) is 0 Å². The summed E-state index contributed by atoms with van der Waals surface area (Å²) in [5, 5.41) is 11.1. The summed E-state index contributed by atoms with van der Waals surface area (Å²) >= 11 is 0. The predicted octanol–water partition coefficient (Wildman–Crippen LogP) is 3.53. The van der Waals surface area contributed by atoms with Gasteiger partial charge in [-0.25, -0.2) is 0 Å². The van der Waals surface area contributed by atoms with Crippen LogP contribution in [0.4, 0.5) is 0 Å². The van der Waals surface area contributed by atoms with Crippen LogP contribution in [0.3, 0.4) is 0 Å². The van der Waals surface area contributed by atoms with Crippen LogP contribution < -0.4 is 0 Å². The van der Waals surface area contributed by atoms with Gasteiger partial charge in [0.1, 0.15) is 5.76 Å². The Morgan fingerprint density at radius 2 is 1.95 bits per heavy atom. The topological polar surface area (TPSA) is 33.4 Å². The molecule has 2 nitrogen and oxygen atoms in total. The first-order chi connectivity index (χ1) is 9.74. The third-order valence-corrected chi connectivity index (χ3v) is 4.90. The average molecular weight is 268 g/mol.